The highest BCUT2D eigenvalue weighted by atomic mass is 32.2. The first kappa shape index (κ1) is 13.0. The molecule has 0 saturated carbocycles. The molecule has 0 N–H and O–H groups in total. The first-order valence-corrected chi connectivity index (χ1v) is 7.35. The van der Waals surface area contributed by atoms with Gasteiger partial charge >= 0.3 is 0 Å². The Morgan fingerprint density at radius 2 is 2.30 bits per heavy atom. The standard InChI is InChI=1S/C13H14N4O2S/c1-2-17-12(11-4-3-6-18-11)15-16-13(17)20-7-5-10-8-14-19-9-10/h3-4,6,8-9H,2,5,7H2,1H3. The maximum absolute atomic E-state index is 5.39. The molecule has 0 aliphatic carbocycles. The van der Waals surface area contributed by atoms with Crippen LogP contribution in [0.25, 0.3) is 11.6 Å². The fourth-order valence-electron chi connectivity index (χ4n) is 1.88. The number of aryl methyl sites for hydroxylation is 1. The van der Waals surface area contributed by atoms with Crippen molar-refractivity contribution in [2.75, 3.05) is 5.75 Å². The Morgan fingerprint density at radius 3 is 3.00 bits per heavy atom. The van der Waals surface area contributed by atoms with Crippen LogP contribution in [-0.2, 0) is 13.0 Å². The highest BCUT2D eigenvalue weighted by molar-refractivity contribution is 7.99. The van der Waals surface area contributed by atoms with E-state index < -0.39 is 0 Å². The summed E-state index contributed by atoms with van der Waals surface area (Å²) in [5.74, 6) is 2.41. The molecule has 3 heterocycles. The minimum Gasteiger partial charge on any atom is -0.461 e. The van der Waals surface area contributed by atoms with Gasteiger partial charge in [-0.25, -0.2) is 0 Å². The summed E-state index contributed by atoms with van der Waals surface area (Å²) in [6.45, 7) is 2.87. The lowest BCUT2D eigenvalue weighted by atomic mass is 10.3. The highest BCUT2D eigenvalue weighted by Gasteiger charge is 2.14. The maximum atomic E-state index is 5.39. The van der Waals surface area contributed by atoms with Gasteiger partial charge in [-0.15, -0.1) is 10.2 Å². The molecule has 0 aromatic carbocycles. The second-order valence-corrected chi connectivity index (χ2v) is 5.22. The zero-order valence-electron chi connectivity index (χ0n) is 11.0. The smallest absolute Gasteiger partial charge is 0.200 e. The molecule has 0 aliphatic rings. The van der Waals surface area contributed by atoms with E-state index in [-0.39, 0.29) is 0 Å². The van der Waals surface area contributed by atoms with Gasteiger partial charge in [0.15, 0.2) is 16.7 Å². The first-order chi connectivity index (χ1) is 9.88. The molecule has 3 aromatic heterocycles. The van der Waals surface area contributed by atoms with Crippen molar-refractivity contribution in [1.29, 1.82) is 0 Å². The summed E-state index contributed by atoms with van der Waals surface area (Å²) in [4.78, 5) is 0. The van der Waals surface area contributed by atoms with Crippen LogP contribution < -0.4 is 0 Å². The summed E-state index contributed by atoms with van der Waals surface area (Å²) in [5.41, 5.74) is 1.09. The molecule has 0 saturated heterocycles. The van der Waals surface area contributed by atoms with Crippen LogP contribution in [0, 0.1) is 0 Å². The molecular formula is C13H14N4O2S. The van der Waals surface area contributed by atoms with E-state index in [2.05, 4.69) is 26.8 Å². The lowest BCUT2D eigenvalue weighted by Gasteiger charge is -2.05. The second-order valence-electron chi connectivity index (χ2n) is 4.16. The topological polar surface area (TPSA) is 69.9 Å². The summed E-state index contributed by atoms with van der Waals surface area (Å²) in [6, 6.07) is 3.74. The van der Waals surface area contributed by atoms with Gasteiger partial charge in [-0.1, -0.05) is 16.9 Å². The Morgan fingerprint density at radius 1 is 1.35 bits per heavy atom. The van der Waals surface area contributed by atoms with E-state index in [1.165, 1.54) is 0 Å². The highest BCUT2D eigenvalue weighted by Crippen LogP contribution is 2.24. The predicted octanol–water partition coefficient (Wildman–Crippen LogP) is 2.88. The number of rotatable bonds is 6. The lowest BCUT2D eigenvalue weighted by Crippen LogP contribution is -2.00. The van der Waals surface area contributed by atoms with Crippen molar-refractivity contribution < 1.29 is 8.94 Å². The molecule has 0 fully saturated rings. The van der Waals surface area contributed by atoms with Crippen LogP contribution in [0.2, 0.25) is 0 Å². The minimum atomic E-state index is 0.741. The molecule has 3 aromatic rings. The van der Waals surface area contributed by atoms with Gasteiger partial charge in [-0.3, -0.25) is 4.57 Å². The Labute approximate surface area is 120 Å². The zero-order valence-corrected chi connectivity index (χ0v) is 11.8. The molecule has 104 valence electrons. The molecule has 6 nitrogen and oxygen atoms in total. The van der Waals surface area contributed by atoms with Gasteiger partial charge in [0.25, 0.3) is 0 Å². The Kier molecular flexibility index (Phi) is 3.87. The molecule has 20 heavy (non-hydrogen) atoms. The molecular weight excluding hydrogens is 276 g/mol. The number of hydrogen-bond donors (Lipinski definition) is 0. The Balaban J connectivity index is 1.70. The van der Waals surface area contributed by atoms with Gasteiger partial charge in [-0.2, -0.15) is 0 Å². The average Bonchev–Trinajstić information content (AvgIpc) is 3.20. The quantitative estimate of drug-likeness (QED) is 0.650. The number of hydrogen-bond acceptors (Lipinski definition) is 6. The third-order valence-corrected chi connectivity index (χ3v) is 3.85. The van der Waals surface area contributed by atoms with Gasteiger partial charge in [0.1, 0.15) is 6.26 Å². The van der Waals surface area contributed by atoms with Crippen molar-refractivity contribution in [2.24, 2.45) is 0 Å². The van der Waals surface area contributed by atoms with E-state index in [1.54, 1.807) is 30.5 Å². The van der Waals surface area contributed by atoms with E-state index >= 15 is 0 Å². The van der Waals surface area contributed by atoms with E-state index in [1.807, 2.05) is 12.1 Å². The van der Waals surface area contributed by atoms with E-state index in [0.717, 1.165) is 41.0 Å². The lowest BCUT2D eigenvalue weighted by molar-refractivity contribution is 0.419. The van der Waals surface area contributed by atoms with Crippen LogP contribution in [0.15, 0.2) is 45.0 Å². The van der Waals surface area contributed by atoms with Gasteiger partial charge in [-0.05, 0) is 25.5 Å². The third kappa shape index (κ3) is 2.62. The van der Waals surface area contributed by atoms with E-state index in [4.69, 9.17) is 8.94 Å². The summed E-state index contributed by atoms with van der Waals surface area (Å²) in [5, 5.41) is 13.0. The summed E-state index contributed by atoms with van der Waals surface area (Å²) < 4.78 is 12.2. The first-order valence-electron chi connectivity index (χ1n) is 6.36. The van der Waals surface area contributed by atoms with Gasteiger partial charge in [0.05, 0.1) is 12.5 Å². The van der Waals surface area contributed by atoms with Crippen molar-refractivity contribution in [3.63, 3.8) is 0 Å². The van der Waals surface area contributed by atoms with Crippen LogP contribution in [0.5, 0.6) is 0 Å². The normalized spacial score (nSPS) is 11.1. The number of aromatic nitrogens is 4. The van der Waals surface area contributed by atoms with Crippen LogP contribution >= 0.6 is 11.8 Å². The van der Waals surface area contributed by atoms with Crippen molar-refractivity contribution in [3.05, 3.63) is 36.4 Å². The van der Waals surface area contributed by atoms with Crippen molar-refractivity contribution in [3.8, 4) is 11.6 Å². The monoisotopic (exact) mass is 290 g/mol. The third-order valence-electron chi connectivity index (χ3n) is 2.88. The molecule has 0 bridgehead atoms. The fourth-order valence-corrected chi connectivity index (χ4v) is 2.87. The van der Waals surface area contributed by atoms with E-state index in [0.29, 0.717) is 0 Å². The fraction of sp³-hybridized carbons (Fsp3) is 0.308. The average molecular weight is 290 g/mol. The SMILES string of the molecule is CCn1c(SCCc2cnoc2)nnc1-c1ccco1. The molecule has 0 radical (unpaired) electrons. The molecule has 3 rings (SSSR count). The van der Waals surface area contributed by atoms with Crippen molar-refractivity contribution in [1.82, 2.24) is 19.9 Å². The van der Waals surface area contributed by atoms with E-state index in [9.17, 15) is 0 Å². The minimum absolute atomic E-state index is 0.741. The predicted molar refractivity (Wildman–Crippen MR) is 74.3 cm³/mol. The van der Waals surface area contributed by atoms with Gasteiger partial charge < -0.3 is 8.94 Å². The molecule has 0 unspecified atom stereocenters. The number of thioether (sulfide) groups is 1. The Hall–Kier alpha value is -2.02. The zero-order chi connectivity index (χ0) is 13.8. The van der Waals surface area contributed by atoms with Crippen molar-refractivity contribution >= 4 is 11.8 Å². The molecule has 0 atom stereocenters. The van der Waals surface area contributed by atoms with Crippen LogP contribution in [0.4, 0.5) is 0 Å². The van der Waals surface area contributed by atoms with Crippen LogP contribution in [-0.4, -0.2) is 25.7 Å². The number of furan rings is 1. The largest absolute Gasteiger partial charge is 0.461 e. The second kappa shape index (κ2) is 5.96. The van der Waals surface area contributed by atoms with Gasteiger partial charge in [0, 0.05) is 17.9 Å². The molecule has 0 aliphatic heterocycles. The summed E-state index contributed by atoms with van der Waals surface area (Å²) in [7, 11) is 0. The van der Waals surface area contributed by atoms with Crippen molar-refractivity contribution in [2.45, 2.75) is 25.0 Å². The molecule has 0 amide bonds. The maximum Gasteiger partial charge on any atom is 0.200 e. The van der Waals surface area contributed by atoms with Crippen LogP contribution in [0.1, 0.15) is 12.5 Å². The molecule has 7 heteroatoms. The summed E-state index contributed by atoms with van der Waals surface area (Å²) in [6.07, 6.45) is 5.93. The summed E-state index contributed by atoms with van der Waals surface area (Å²) >= 11 is 1.67. The molecule has 0 spiro atoms. The Bertz CT molecular complexity index is 646. The van der Waals surface area contributed by atoms with Gasteiger partial charge in [0.2, 0.25) is 0 Å². The van der Waals surface area contributed by atoms with Crippen LogP contribution in [0.3, 0.4) is 0 Å². The number of nitrogens with zero attached hydrogens (tertiary/aromatic N) is 4.